The summed E-state index contributed by atoms with van der Waals surface area (Å²) in [6, 6.07) is 3.53. The highest BCUT2D eigenvalue weighted by Crippen LogP contribution is 2.31. The average Bonchev–Trinajstić information content (AvgIpc) is 2.59. The van der Waals surface area contributed by atoms with Gasteiger partial charge >= 0.3 is 5.97 Å². The Labute approximate surface area is 113 Å². The van der Waals surface area contributed by atoms with Crippen LogP contribution in [0.25, 0.3) is 6.08 Å². The van der Waals surface area contributed by atoms with Crippen molar-refractivity contribution in [1.82, 2.24) is 0 Å². The van der Waals surface area contributed by atoms with Gasteiger partial charge in [-0.1, -0.05) is 22.0 Å². The predicted molar refractivity (Wildman–Crippen MR) is 72.0 cm³/mol. The van der Waals surface area contributed by atoms with Gasteiger partial charge in [0.05, 0.1) is 5.75 Å². The largest absolute Gasteiger partial charge is 0.478 e. The number of fused-ring (bicyclic) bond motifs is 1. The molecule has 0 bridgehead atoms. The number of carbonyl (C=O) groups is 1. The maximum absolute atomic E-state index is 11.3. The maximum Gasteiger partial charge on any atom is 0.331 e. The van der Waals surface area contributed by atoms with Crippen LogP contribution in [0.3, 0.4) is 0 Å². The number of rotatable bonds is 3. The smallest absolute Gasteiger partial charge is 0.331 e. The molecule has 0 aromatic heterocycles. The van der Waals surface area contributed by atoms with Crippen molar-refractivity contribution in [2.45, 2.75) is 12.2 Å². The minimum Gasteiger partial charge on any atom is -0.478 e. The van der Waals surface area contributed by atoms with Gasteiger partial charge in [-0.25, -0.2) is 13.2 Å². The van der Waals surface area contributed by atoms with Crippen LogP contribution in [-0.4, -0.2) is 25.7 Å². The van der Waals surface area contributed by atoms with Crippen molar-refractivity contribution in [2.24, 2.45) is 0 Å². The van der Waals surface area contributed by atoms with Gasteiger partial charge in [0.15, 0.2) is 9.84 Å². The van der Waals surface area contributed by atoms with Crippen molar-refractivity contribution < 1.29 is 18.3 Å². The van der Waals surface area contributed by atoms with E-state index in [4.69, 9.17) is 5.11 Å². The molecule has 96 valence electrons. The molecule has 0 amide bonds. The molecule has 0 saturated heterocycles. The lowest BCUT2D eigenvalue weighted by molar-refractivity contribution is -0.132. The summed E-state index contributed by atoms with van der Waals surface area (Å²) in [7, 11) is -3.11. The van der Waals surface area contributed by atoms with Gasteiger partial charge in [0.2, 0.25) is 0 Å². The highest BCUT2D eigenvalue weighted by atomic mass is 79.9. The third kappa shape index (κ3) is 2.81. The van der Waals surface area contributed by atoms with E-state index in [0.717, 1.165) is 11.1 Å². The van der Waals surface area contributed by atoms with Gasteiger partial charge in [-0.15, -0.1) is 0 Å². The van der Waals surface area contributed by atoms with Gasteiger partial charge in [0.25, 0.3) is 0 Å². The van der Waals surface area contributed by atoms with Crippen LogP contribution in [0.1, 0.15) is 16.7 Å². The summed E-state index contributed by atoms with van der Waals surface area (Å²) in [6.07, 6.45) is 3.13. The van der Waals surface area contributed by atoms with E-state index in [9.17, 15) is 13.2 Å². The maximum atomic E-state index is 11.3. The molecule has 6 heteroatoms. The van der Waals surface area contributed by atoms with Crippen molar-refractivity contribution in [3.05, 3.63) is 38.9 Å². The minimum atomic E-state index is -3.11. The summed E-state index contributed by atoms with van der Waals surface area (Å²) in [5.41, 5.74) is 2.68. The Balaban J connectivity index is 2.40. The molecule has 0 fully saturated rings. The molecule has 1 aliphatic carbocycles. The lowest BCUT2D eigenvalue weighted by Crippen LogP contribution is -2.03. The SMILES string of the molecule is CS(=O)(=O)Cc1cc2c(cc1Br)C=C(C(=O)O)C2. The third-order valence-electron chi connectivity index (χ3n) is 2.71. The average molecular weight is 331 g/mol. The van der Waals surface area contributed by atoms with Gasteiger partial charge in [-0.05, 0) is 28.8 Å². The van der Waals surface area contributed by atoms with E-state index in [-0.39, 0.29) is 5.75 Å². The number of halogens is 1. The van der Waals surface area contributed by atoms with Gasteiger partial charge in [-0.3, -0.25) is 0 Å². The molecule has 0 spiro atoms. The molecule has 18 heavy (non-hydrogen) atoms. The first kappa shape index (κ1) is 13.3. The number of carboxylic acids is 1. The lowest BCUT2D eigenvalue weighted by atomic mass is 10.1. The molecular weight excluding hydrogens is 320 g/mol. The Hall–Kier alpha value is -1.14. The Morgan fingerprint density at radius 2 is 2.11 bits per heavy atom. The number of aliphatic carboxylic acids is 1. The van der Waals surface area contributed by atoms with Crippen LogP contribution in [0.15, 0.2) is 22.2 Å². The fourth-order valence-corrected chi connectivity index (χ4v) is 3.44. The molecule has 0 radical (unpaired) electrons. The van der Waals surface area contributed by atoms with E-state index in [0.29, 0.717) is 22.0 Å². The Morgan fingerprint density at radius 1 is 1.44 bits per heavy atom. The van der Waals surface area contributed by atoms with Crippen LogP contribution in [0.2, 0.25) is 0 Å². The van der Waals surface area contributed by atoms with Crippen LogP contribution in [0.5, 0.6) is 0 Å². The van der Waals surface area contributed by atoms with Crippen LogP contribution < -0.4 is 0 Å². The monoisotopic (exact) mass is 330 g/mol. The quantitative estimate of drug-likeness (QED) is 0.920. The molecule has 2 rings (SSSR count). The van der Waals surface area contributed by atoms with Gasteiger partial charge in [0.1, 0.15) is 0 Å². The number of carboxylic acid groups (broad SMARTS) is 1. The van der Waals surface area contributed by atoms with Crippen molar-refractivity contribution in [3.8, 4) is 0 Å². The van der Waals surface area contributed by atoms with Crippen LogP contribution in [-0.2, 0) is 26.8 Å². The predicted octanol–water partition coefficient (Wildman–Crippen LogP) is 2.02. The molecule has 1 aliphatic rings. The van der Waals surface area contributed by atoms with E-state index >= 15 is 0 Å². The van der Waals surface area contributed by atoms with Gasteiger partial charge in [0, 0.05) is 22.7 Å². The summed E-state index contributed by atoms with van der Waals surface area (Å²) < 4.78 is 23.3. The second kappa shape index (κ2) is 4.51. The highest BCUT2D eigenvalue weighted by Gasteiger charge is 2.20. The van der Waals surface area contributed by atoms with Crippen molar-refractivity contribution in [3.63, 3.8) is 0 Å². The molecule has 1 aromatic rings. The summed E-state index contributed by atoms with van der Waals surface area (Å²) >= 11 is 3.32. The van der Waals surface area contributed by atoms with E-state index in [2.05, 4.69) is 15.9 Å². The van der Waals surface area contributed by atoms with Gasteiger partial charge < -0.3 is 5.11 Å². The Morgan fingerprint density at radius 3 is 2.67 bits per heavy atom. The van der Waals surface area contributed by atoms with Crippen LogP contribution >= 0.6 is 15.9 Å². The molecule has 0 aliphatic heterocycles. The molecule has 4 nitrogen and oxygen atoms in total. The van der Waals surface area contributed by atoms with E-state index in [1.807, 2.05) is 0 Å². The van der Waals surface area contributed by atoms with E-state index in [1.54, 1.807) is 18.2 Å². The Kier molecular flexibility index (Phi) is 3.33. The number of benzene rings is 1. The first-order valence-electron chi connectivity index (χ1n) is 5.19. The topological polar surface area (TPSA) is 71.4 Å². The summed E-state index contributed by atoms with van der Waals surface area (Å²) in [4.78, 5) is 10.9. The Bertz CT molecular complexity index is 659. The van der Waals surface area contributed by atoms with Crippen LogP contribution in [0, 0.1) is 0 Å². The summed E-state index contributed by atoms with van der Waals surface area (Å²) in [6.45, 7) is 0. The first-order chi connectivity index (χ1) is 8.26. The number of hydrogen-bond acceptors (Lipinski definition) is 3. The first-order valence-corrected chi connectivity index (χ1v) is 8.04. The van der Waals surface area contributed by atoms with Crippen molar-refractivity contribution in [1.29, 1.82) is 0 Å². The fourth-order valence-electron chi connectivity index (χ4n) is 1.95. The van der Waals surface area contributed by atoms with Crippen molar-refractivity contribution >= 4 is 37.8 Å². The van der Waals surface area contributed by atoms with E-state index in [1.165, 1.54) is 6.26 Å². The molecule has 0 saturated carbocycles. The molecule has 1 aromatic carbocycles. The second-order valence-electron chi connectivity index (χ2n) is 4.36. The molecule has 0 atom stereocenters. The summed E-state index contributed by atoms with van der Waals surface area (Å²) in [5.74, 6) is -0.990. The zero-order valence-corrected chi connectivity index (χ0v) is 12.0. The standard InChI is InChI=1S/C12H11BrO4S/c1-18(16,17)6-10-4-7-2-9(12(14)15)3-8(7)5-11(10)13/h3-5H,2,6H2,1H3,(H,14,15). The van der Waals surface area contributed by atoms with Crippen molar-refractivity contribution in [2.75, 3.05) is 6.26 Å². The molecule has 0 heterocycles. The number of sulfone groups is 1. The third-order valence-corrected chi connectivity index (χ3v) is 4.28. The molecular formula is C12H11BrO4S. The lowest BCUT2D eigenvalue weighted by Gasteiger charge is -2.07. The van der Waals surface area contributed by atoms with Gasteiger partial charge in [-0.2, -0.15) is 0 Å². The minimum absolute atomic E-state index is 0.0523. The fraction of sp³-hybridized carbons (Fsp3) is 0.250. The van der Waals surface area contributed by atoms with Crippen LogP contribution in [0.4, 0.5) is 0 Å². The second-order valence-corrected chi connectivity index (χ2v) is 7.36. The highest BCUT2D eigenvalue weighted by molar-refractivity contribution is 9.10. The zero-order valence-electron chi connectivity index (χ0n) is 9.60. The van der Waals surface area contributed by atoms with E-state index < -0.39 is 15.8 Å². The summed E-state index contributed by atoms with van der Waals surface area (Å²) in [5, 5.41) is 8.93. The molecule has 1 N–H and O–H groups in total. The number of hydrogen-bond donors (Lipinski definition) is 1. The zero-order chi connectivity index (χ0) is 13.5. The normalized spacial score (nSPS) is 14.2. The molecule has 0 unspecified atom stereocenters.